The molecule has 0 aromatic carbocycles. The highest BCUT2D eigenvalue weighted by Crippen LogP contribution is 2.15. The van der Waals surface area contributed by atoms with E-state index in [1.165, 1.54) is 20.3 Å². The minimum absolute atomic E-state index is 0.0186. The lowest BCUT2D eigenvalue weighted by Crippen LogP contribution is -2.50. The van der Waals surface area contributed by atoms with Crippen molar-refractivity contribution in [2.24, 2.45) is 0 Å². The largest absolute Gasteiger partial charge is 0.371 e. The van der Waals surface area contributed by atoms with Crippen molar-refractivity contribution < 1.29 is 18.7 Å². The van der Waals surface area contributed by atoms with E-state index in [1.807, 2.05) is 13.5 Å². The van der Waals surface area contributed by atoms with E-state index < -0.39 is 15.0 Å². The second kappa shape index (κ2) is 7.60. The average Bonchev–Trinajstić information content (AvgIpc) is 2.34. The Morgan fingerprint density at radius 3 is 2.41 bits per heavy atom. The summed E-state index contributed by atoms with van der Waals surface area (Å²) in [6.07, 6.45) is 2.06. The normalized spacial score (nSPS) is 15.1. The van der Waals surface area contributed by atoms with Crippen molar-refractivity contribution in [1.29, 1.82) is 0 Å². The summed E-state index contributed by atoms with van der Waals surface area (Å²) in [5.74, 6) is -1.23. The fraction of sp³-hybridized carbons (Fsp3) is 0.727. The van der Waals surface area contributed by atoms with Crippen LogP contribution < -0.4 is 5.32 Å². The zero-order chi connectivity index (χ0) is 13.5. The van der Waals surface area contributed by atoms with Gasteiger partial charge in [0.05, 0.1) is 0 Å². The summed E-state index contributed by atoms with van der Waals surface area (Å²) < 4.78 is 16.1. The van der Waals surface area contributed by atoms with Gasteiger partial charge in [-0.3, -0.25) is 4.79 Å². The van der Waals surface area contributed by atoms with Gasteiger partial charge in [-0.1, -0.05) is 13.5 Å². The first-order chi connectivity index (χ1) is 7.92. The Hall–Kier alpha value is -0.693. The van der Waals surface area contributed by atoms with Crippen LogP contribution in [0.4, 0.5) is 0 Å². The Bertz CT molecular complexity index is 256. The van der Waals surface area contributed by atoms with Crippen molar-refractivity contribution in [1.82, 2.24) is 5.32 Å². The topological polar surface area (TPSA) is 56.8 Å². The number of ether oxygens (including phenoxy) is 2. The van der Waals surface area contributed by atoms with E-state index >= 15 is 0 Å². The third kappa shape index (κ3) is 5.45. The third-order valence-electron chi connectivity index (χ3n) is 2.66. The predicted octanol–water partition coefficient (Wildman–Crippen LogP) is 0.943. The predicted molar refractivity (Wildman–Crippen MR) is 68.9 cm³/mol. The van der Waals surface area contributed by atoms with Crippen molar-refractivity contribution in [3.05, 3.63) is 12.7 Å². The zero-order valence-corrected chi connectivity index (χ0v) is 12.4. The molecule has 0 rings (SSSR count). The van der Waals surface area contributed by atoms with Crippen LogP contribution in [0.5, 0.6) is 0 Å². The fourth-order valence-electron chi connectivity index (χ4n) is 1.39. The van der Waals surface area contributed by atoms with Gasteiger partial charge in [-0.2, -0.15) is 0 Å². The van der Waals surface area contributed by atoms with Gasteiger partial charge < -0.3 is 19.2 Å². The van der Waals surface area contributed by atoms with Crippen LogP contribution in [0, 0.1) is 0 Å². The van der Waals surface area contributed by atoms with Crippen LogP contribution in [0.3, 0.4) is 0 Å². The lowest BCUT2D eigenvalue weighted by Gasteiger charge is -2.32. The first kappa shape index (κ1) is 16.3. The molecule has 0 heterocycles. The SMILES string of the molecule is C=CC(=O)NC(CC)[SiH](C)OC(C)(OC)OC. The summed E-state index contributed by atoms with van der Waals surface area (Å²) in [6, 6.07) is 0. The number of hydrogen-bond donors (Lipinski definition) is 1. The van der Waals surface area contributed by atoms with Gasteiger partial charge in [0.1, 0.15) is 0 Å². The molecule has 17 heavy (non-hydrogen) atoms. The fourth-order valence-corrected chi connectivity index (χ4v) is 3.49. The quantitative estimate of drug-likeness (QED) is 0.401. The van der Waals surface area contributed by atoms with Crippen molar-refractivity contribution >= 4 is 14.9 Å². The summed E-state index contributed by atoms with van der Waals surface area (Å²) >= 11 is 0. The van der Waals surface area contributed by atoms with Gasteiger partial charge in [-0.25, -0.2) is 0 Å². The van der Waals surface area contributed by atoms with Crippen LogP contribution >= 0.6 is 0 Å². The summed E-state index contributed by atoms with van der Waals surface area (Å²) in [4.78, 5) is 11.3. The van der Waals surface area contributed by atoms with Crippen LogP contribution in [0.15, 0.2) is 12.7 Å². The first-order valence-electron chi connectivity index (χ1n) is 5.63. The van der Waals surface area contributed by atoms with E-state index in [0.717, 1.165) is 6.42 Å². The van der Waals surface area contributed by atoms with Gasteiger partial charge in [-0.05, 0) is 19.0 Å². The molecule has 0 fully saturated rings. The van der Waals surface area contributed by atoms with Gasteiger partial charge in [-0.15, -0.1) is 0 Å². The Morgan fingerprint density at radius 1 is 1.53 bits per heavy atom. The third-order valence-corrected chi connectivity index (χ3v) is 5.23. The highest BCUT2D eigenvalue weighted by atomic mass is 28.3. The molecule has 0 radical (unpaired) electrons. The second-order valence-corrected chi connectivity index (χ2v) is 6.27. The molecule has 0 saturated carbocycles. The zero-order valence-electron chi connectivity index (χ0n) is 11.3. The van der Waals surface area contributed by atoms with E-state index in [9.17, 15) is 4.79 Å². The Kier molecular flexibility index (Phi) is 7.29. The van der Waals surface area contributed by atoms with Crippen LogP contribution in [-0.2, 0) is 18.7 Å². The minimum atomic E-state index is -1.68. The lowest BCUT2D eigenvalue weighted by molar-refractivity contribution is -0.313. The standard InChI is InChI=1S/C11H23NO4Si/c1-7-9(13)12-10(8-2)17(6)16-11(3,14-4)15-5/h7,10,17H,1,8H2,2-6H3,(H,12,13). The molecule has 0 aromatic rings. The van der Waals surface area contributed by atoms with Crippen LogP contribution in [0.1, 0.15) is 20.3 Å². The molecule has 0 saturated heterocycles. The number of carbonyl (C=O) groups excluding carboxylic acids is 1. The van der Waals surface area contributed by atoms with Crippen LogP contribution in [0.2, 0.25) is 6.55 Å². The van der Waals surface area contributed by atoms with Gasteiger partial charge in [0.15, 0.2) is 0 Å². The molecule has 5 nitrogen and oxygen atoms in total. The second-order valence-electron chi connectivity index (χ2n) is 3.82. The summed E-state index contributed by atoms with van der Waals surface area (Å²) in [6.45, 7) is 9.13. The maximum absolute atomic E-state index is 11.3. The highest BCUT2D eigenvalue weighted by molar-refractivity contribution is 6.52. The van der Waals surface area contributed by atoms with Gasteiger partial charge >= 0.3 is 0 Å². The summed E-state index contributed by atoms with van der Waals surface area (Å²) in [5.41, 5.74) is 0.0186. The monoisotopic (exact) mass is 261 g/mol. The molecule has 2 unspecified atom stereocenters. The summed E-state index contributed by atoms with van der Waals surface area (Å²) in [5, 5.41) is 2.86. The van der Waals surface area contributed by atoms with Gasteiger partial charge in [0, 0.05) is 26.8 Å². The molecule has 6 heteroatoms. The molecular weight excluding hydrogens is 238 g/mol. The Balaban J connectivity index is 4.48. The molecule has 0 spiro atoms. The molecule has 0 aliphatic carbocycles. The molecule has 0 aliphatic heterocycles. The maximum Gasteiger partial charge on any atom is 0.269 e. The van der Waals surface area contributed by atoms with E-state index in [4.69, 9.17) is 13.9 Å². The number of rotatable bonds is 8. The molecule has 2 atom stereocenters. The van der Waals surface area contributed by atoms with Crippen molar-refractivity contribution in [3.63, 3.8) is 0 Å². The van der Waals surface area contributed by atoms with E-state index in [-0.39, 0.29) is 11.6 Å². The maximum atomic E-state index is 11.3. The number of methoxy groups -OCH3 is 2. The molecule has 0 bridgehead atoms. The van der Waals surface area contributed by atoms with Crippen molar-refractivity contribution in [2.45, 2.75) is 38.5 Å². The van der Waals surface area contributed by atoms with Gasteiger partial charge in [0.25, 0.3) is 5.97 Å². The number of nitrogens with one attached hydrogen (secondary N) is 1. The highest BCUT2D eigenvalue weighted by Gasteiger charge is 2.31. The smallest absolute Gasteiger partial charge is 0.269 e. The van der Waals surface area contributed by atoms with E-state index in [1.54, 1.807) is 6.92 Å². The molecule has 100 valence electrons. The Morgan fingerprint density at radius 2 is 2.06 bits per heavy atom. The molecule has 0 aromatic heterocycles. The molecule has 1 amide bonds. The first-order valence-corrected chi connectivity index (χ1v) is 7.92. The van der Waals surface area contributed by atoms with E-state index in [0.29, 0.717) is 0 Å². The average molecular weight is 261 g/mol. The summed E-state index contributed by atoms with van der Waals surface area (Å²) in [7, 11) is 1.37. The van der Waals surface area contributed by atoms with Crippen LogP contribution in [0.25, 0.3) is 0 Å². The number of hydrogen-bond acceptors (Lipinski definition) is 4. The van der Waals surface area contributed by atoms with Crippen LogP contribution in [-0.4, -0.2) is 40.8 Å². The molecular formula is C11H23NO4Si. The Labute approximate surface area is 105 Å². The van der Waals surface area contributed by atoms with E-state index in [2.05, 4.69) is 11.9 Å². The lowest BCUT2D eigenvalue weighted by atomic mass is 10.4. The van der Waals surface area contributed by atoms with Gasteiger partial charge in [0.2, 0.25) is 14.9 Å². The van der Waals surface area contributed by atoms with Crippen molar-refractivity contribution in [2.75, 3.05) is 14.2 Å². The number of carbonyl (C=O) groups is 1. The number of amides is 1. The minimum Gasteiger partial charge on any atom is -0.371 e. The molecule has 1 N–H and O–H groups in total. The van der Waals surface area contributed by atoms with Crippen molar-refractivity contribution in [3.8, 4) is 0 Å². The molecule has 0 aliphatic rings.